The van der Waals surface area contributed by atoms with E-state index in [1.54, 1.807) is 25.4 Å². The number of methoxy groups -OCH3 is 1. The van der Waals surface area contributed by atoms with Gasteiger partial charge in [0.05, 0.1) is 5.69 Å². The monoisotopic (exact) mass is 156 g/mol. The van der Waals surface area contributed by atoms with Crippen LogP contribution < -0.4 is 0 Å². The van der Waals surface area contributed by atoms with Crippen molar-refractivity contribution < 1.29 is 4.74 Å². The number of rotatable bonds is 2. The summed E-state index contributed by atoms with van der Waals surface area (Å²) < 4.78 is 4.74. The number of hydrogen-bond donors (Lipinski definition) is 0. The fraction of sp³-hybridized carbons (Fsp3) is 0.143. The molecule has 1 rings (SSSR count). The molecular weight excluding hydrogens is 150 g/mol. The van der Waals surface area contributed by atoms with Gasteiger partial charge in [-0.2, -0.15) is 0 Å². The second-order valence-corrected chi connectivity index (χ2v) is 2.19. The first kappa shape index (κ1) is 7.51. The van der Waals surface area contributed by atoms with Crippen molar-refractivity contribution in [3.05, 3.63) is 35.7 Å². The second kappa shape index (κ2) is 3.54. The Morgan fingerprint density at radius 3 is 3.10 bits per heavy atom. The summed E-state index contributed by atoms with van der Waals surface area (Å²) in [4.78, 5) is 3.96. The molecule has 0 aliphatic rings. The number of ether oxygens (including phenoxy) is 1. The average molecular weight is 157 g/mol. The minimum atomic E-state index is 0.665. The molecule has 0 saturated carbocycles. The molecule has 53 valence electrons. The van der Waals surface area contributed by atoms with Gasteiger partial charge in [-0.15, -0.1) is 0 Å². The van der Waals surface area contributed by atoms with Gasteiger partial charge in [-0.25, -0.2) is 0 Å². The van der Waals surface area contributed by atoms with Crippen LogP contribution in [0.25, 0.3) is 0 Å². The molecular formula is C7H7ClNO. The predicted molar refractivity (Wildman–Crippen MR) is 39.7 cm³/mol. The van der Waals surface area contributed by atoms with E-state index in [1.807, 2.05) is 0 Å². The highest BCUT2D eigenvalue weighted by Gasteiger charge is 1.93. The fourth-order valence-electron chi connectivity index (χ4n) is 0.606. The number of hydrogen-bond acceptors (Lipinski definition) is 2. The van der Waals surface area contributed by atoms with E-state index in [-0.39, 0.29) is 0 Å². The molecule has 0 aromatic carbocycles. The highest BCUT2D eigenvalue weighted by molar-refractivity contribution is 6.30. The molecule has 0 N–H and O–H groups in total. The second-order valence-electron chi connectivity index (χ2n) is 1.75. The predicted octanol–water partition coefficient (Wildman–Crippen LogP) is 1.89. The SMILES string of the molecule is CO[CH]c1cc(Cl)ccn1. The van der Waals surface area contributed by atoms with Gasteiger partial charge in [0.15, 0.2) is 0 Å². The van der Waals surface area contributed by atoms with Gasteiger partial charge < -0.3 is 4.74 Å². The first-order chi connectivity index (χ1) is 4.83. The van der Waals surface area contributed by atoms with Crippen molar-refractivity contribution in [3.8, 4) is 0 Å². The molecule has 1 aromatic rings. The Morgan fingerprint density at radius 2 is 2.50 bits per heavy atom. The lowest BCUT2D eigenvalue weighted by Crippen LogP contribution is -1.87. The smallest absolute Gasteiger partial charge is 0.131 e. The molecule has 1 aromatic heterocycles. The van der Waals surface area contributed by atoms with Crippen molar-refractivity contribution in [2.75, 3.05) is 7.11 Å². The quantitative estimate of drug-likeness (QED) is 0.653. The maximum atomic E-state index is 5.67. The van der Waals surface area contributed by atoms with Crippen molar-refractivity contribution in [2.45, 2.75) is 0 Å². The van der Waals surface area contributed by atoms with Crippen LogP contribution in [0.5, 0.6) is 0 Å². The molecule has 0 amide bonds. The lowest BCUT2D eigenvalue weighted by molar-refractivity contribution is 0.290. The van der Waals surface area contributed by atoms with Gasteiger partial charge in [0.25, 0.3) is 0 Å². The summed E-state index contributed by atoms with van der Waals surface area (Å²) in [5.74, 6) is 0. The summed E-state index contributed by atoms with van der Waals surface area (Å²) in [6.45, 7) is 1.53. The van der Waals surface area contributed by atoms with E-state index in [4.69, 9.17) is 16.3 Å². The van der Waals surface area contributed by atoms with Crippen molar-refractivity contribution in [1.82, 2.24) is 4.98 Å². The third-order valence-electron chi connectivity index (χ3n) is 0.982. The number of halogens is 1. The topological polar surface area (TPSA) is 22.1 Å². The molecule has 0 atom stereocenters. The number of pyridine rings is 1. The minimum absolute atomic E-state index is 0.665. The van der Waals surface area contributed by atoms with Gasteiger partial charge in [-0.3, -0.25) is 4.98 Å². The molecule has 0 unspecified atom stereocenters. The van der Waals surface area contributed by atoms with Gasteiger partial charge in [-0.1, -0.05) is 11.6 Å². The molecule has 0 aliphatic carbocycles. The Kier molecular flexibility index (Phi) is 2.66. The Labute approximate surface area is 64.8 Å². The lowest BCUT2D eigenvalue weighted by atomic mass is 10.4. The van der Waals surface area contributed by atoms with Crippen LogP contribution in [-0.2, 0) is 4.74 Å². The van der Waals surface area contributed by atoms with Gasteiger partial charge in [0.2, 0.25) is 0 Å². The van der Waals surface area contributed by atoms with Crippen LogP contribution in [0.4, 0.5) is 0 Å². The summed E-state index contributed by atoms with van der Waals surface area (Å²) in [7, 11) is 1.57. The molecule has 0 bridgehead atoms. The molecule has 10 heavy (non-hydrogen) atoms. The van der Waals surface area contributed by atoms with E-state index < -0.39 is 0 Å². The van der Waals surface area contributed by atoms with E-state index in [0.717, 1.165) is 5.69 Å². The van der Waals surface area contributed by atoms with E-state index in [2.05, 4.69) is 4.98 Å². The fourth-order valence-corrected chi connectivity index (χ4v) is 0.775. The number of nitrogens with zero attached hydrogens (tertiary/aromatic N) is 1. The third kappa shape index (κ3) is 1.97. The molecule has 2 nitrogen and oxygen atoms in total. The summed E-state index contributed by atoms with van der Waals surface area (Å²) in [5.41, 5.74) is 0.731. The highest BCUT2D eigenvalue weighted by Crippen LogP contribution is 2.08. The van der Waals surface area contributed by atoms with Gasteiger partial charge in [0.1, 0.15) is 6.61 Å². The van der Waals surface area contributed by atoms with E-state index in [9.17, 15) is 0 Å². The zero-order chi connectivity index (χ0) is 7.40. The molecule has 0 fully saturated rings. The van der Waals surface area contributed by atoms with Gasteiger partial charge >= 0.3 is 0 Å². The van der Waals surface area contributed by atoms with Crippen LogP contribution >= 0.6 is 11.6 Å². The molecule has 0 aliphatic heterocycles. The van der Waals surface area contributed by atoms with E-state index >= 15 is 0 Å². The van der Waals surface area contributed by atoms with Gasteiger partial charge in [0, 0.05) is 18.3 Å². The Hall–Kier alpha value is -0.600. The normalized spacial score (nSPS) is 9.80. The largest absolute Gasteiger partial charge is 0.372 e. The zero-order valence-corrected chi connectivity index (χ0v) is 6.30. The third-order valence-corrected chi connectivity index (χ3v) is 1.22. The van der Waals surface area contributed by atoms with Gasteiger partial charge in [-0.05, 0) is 12.1 Å². The maximum Gasteiger partial charge on any atom is 0.131 e. The first-order valence-electron chi connectivity index (χ1n) is 2.80. The molecule has 3 heteroatoms. The van der Waals surface area contributed by atoms with Crippen LogP contribution in [-0.4, -0.2) is 12.1 Å². The van der Waals surface area contributed by atoms with Crippen molar-refractivity contribution in [3.63, 3.8) is 0 Å². The van der Waals surface area contributed by atoms with E-state index in [0.29, 0.717) is 5.02 Å². The van der Waals surface area contributed by atoms with Crippen LogP contribution in [0, 0.1) is 6.61 Å². The zero-order valence-electron chi connectivity index (χ0n) is 5.54. The summed E-state index contributed by atoms with van der Waals surface area (Å²) in [6.07, 6.45) is 1.63. The molecule has 0 spiro atoms. The molecule has 0 saturated heterocycles. The maximum absolute atomic E-state index is 5.67. The first-order valence-corrected chi connectivity index (χ1v) is 3.18. The Morgan fingerprint density at radius 1 is 1.70 bits per heavy atom. The standard InChI is InChI=1S/C7H7ClNO/c1-10-5-7-4-6(8)2-3-9-7/h2-5H,1H3. The summed E-state index contributed by atoms with van der Waals surface area (Å²) in [5, 5.41) is 0.665. The Bertz CT molecular complexity index is 215. The van der Waals surface area contributed by atoms with Crippen molar-refractivity contribution in [1.29, 1.82) is 0 Å². The van der Waals surface area contributed by atoms with Crippen LogP contribution in [0.1, 0.15) is 5.69 Å². The number of aromatic nitrogens is 1. The van der Waals surface area contributed by atoms with Crippen LogP contribution in [0.15, 0.2) is 18.3 Å². The lowest BCUT2D eigenvalue weighted by Gasteiger charge is -1.95. The van der Waals surface area contributed by atoms with Crippen molar-refractivity contribution in [2.24, 2.45) is 0 Å². The Balaban J connectivity index is 2.75. The van der Waals surface area contributed by atoms with Crippen LogP contribution in [0.3, 0.4) is 0 Å². The molecule has 1 radical (unpaired) electrons. The minimum Gasteiger partial charge on any atom is -0.372 e. The highest BCUT2D eigenvalue weighted by atomic mass is 35.5. The van der Waals surface area contributed by atoms with Crippen molar-refractivity contribution >= 4 is 11.6 Å². The summed E-state index contributed by atoms with van der Waals surface area (Å²) >= 11 is 5.67. The average Bonchev–Trinajstić information content (AvgIpc) is 1.88. The summed E-state index contributed by atoms with van der Waals surface area (Å²) in [6, 6.07) is 3.44. The van der Waals surface area contributed by atoms with Crippen LogP contribution in [0.2, 0.25) is 5.02 Å². The van der Waals surface area contributed by atoms with E-state index in [1.165, 1.54) is 6.61 Å². The molecule has 1 heterocycles.